The minimum Gasteiger partial charge on any atom is -0.507 e. The molecule has 1 rings (SSSR count). The van der Waals surface area contributed by atoms with Gasteiger partial charge in [0.1, 0.15) is 11.3 Å². The van der Waals surface area contributed by atoms with Crippen LogP contribution < -0.4 is 0 Å². The van der Waals surface area contributed by atoms with Gasteiger partial charge in [0.15, 0.2) is 0 Å². The number of rotatable bonds is 9. The van der Waals surface area contributed by atoms with Gasteiger partial charge in [0, 0.05) is 5.56 Å². The number of aromatic hydroxyl groups is 1. The molecule has 0 fully saturated rings. The van der Waals surface area contributed by atoms with Crippen molar-refractivity contribution in [3.63, 3.8) is 0 Å². The van der Waals surface area contributed by atoms with Gasteiger partial charge in [-0.3, -0.25) is 0 Å². The maximum Gasteiger partial charge on any atom is 0.339 e. The zero-order valence-corrected chi connectivity index (χ0v) is 18.3. The van der Waals surface area contributed by atoms with Crippen LogP contribution in [0.4, 0.5) is 0 Å². The zero-order valence-electron chi connectivity index (χ0n) is 18.3. The van der Waals surface area contributed by atoms with Crippen LogP contribution in [0.1, 0.15) is 92.8 Å². The van der Waals surface area contributed by atoms with Crippen molar-refractivity contribution in [3.8, 4) is 18.6 Å². The lowest BCUT2D eigenvalue weighted by Crippen LogP contribution is -2.10. The number of carboxylic acids is 1. The summed E-state index contributed by atoms with van der Waals surface area (Å²) in [5, 5.41) is 20.3. The largest absolute Gasteiger partial charge is 0.507 e. The van der Waals surface area contributed by atoms with Gasteiger partial charge in [0.25, 0.3) is 0 Å². The van der Waals surface area contributed by atoms with Gasteiger partial charge >= 0.3 is 5.97 Å². The van der Waals surface area contributed by atoms with E-state index in [0.29, 0.717) is 6.42 Å². The van der Waals surface area contributed by atoms with E-state index in [0.717, 1.165) is 54.4 Å². The number of aryl methyl sites for hydroxylation is 2. The first-order valence-corrected chi connectivity index (χ1v) is 9.88. The quantitative estimate of drug-likeness (QED) is 0.272. The summed E-state index contributed by atoms with van der Waals surface area (Å²) in [5.41, 5.74) is 3.62. The van der Waals surface area contributed by atoms with Gasteiger partial charge in [-0.25, -0.2) is 4.79 Å². The number of terminal acetylenes is 1. The van der Waals surface area contributed by atoms with Crippen LogP contribution in [0.3, 0.4) is 0 Å². The van der Waals surface area contributed by atoms with Crippen molar-refractivity contribution in [2.45, 2.75) is 79.1 Å². The van der Waals surface area contributed by atoms with Crippen molar-refractivity contribution in [2.24, 2.45) is 0 Å². The fraction of sp³-hybridized carbons (Fsp3) is 0.480. The second-order valence-corrected chi connectivity index (χ2v) is 6.93. The Labute approximate surface area is 172 Å². The molecule has 0 aliphatic carbocycles. The first kappa shape index (κ1) is 27.7. The minimum atomic E-state index is -1.04. The highest BCUT2D eigenvalue weighted by Crippen LogP contribution is 2.39. The van der Waals surface area contributed by atoms with E-state index in [4.69, 9.17) is 0 Å². The molecule has 1 atom stereocenters. The van der Waals surface area contributed by atoms with Crippen LogP contribution in [0.15, 0.2) is 30.9 Å². The van der Waals surface area contributed by atoms with Gasteiger partial charge in [-0.2, -0.15) is 0 Å². The average Bonchev–Trinajstić information content (AvgIpc) is 2.62. The predicted octanol–water partition coefficient (Wildman–Crippen LogP) is 7.03. The molecule has 3 heteroatoms. The number of hydrogen-bond acceptors (Lipinski definition) is 2. The highest BCUT2D eigenvalue weighted by atomic mass is 16.4. The number of allylic oxidation sites excluding steroid dienone is 2. The van der Waals surface area contributed by atoms with Crippen molar-refractivity contribution >= 4 is 5.97 Å². The zero-order chi connectivity index (χ0) is 22.3. The van der Waals surface area contributed by atoms with E-state index in [-0.39, 0.29) is 17.2 Å². The number of hydrogen-bond donors (Lipinski definition) is 2. The monoisotopic (exact) mass is 386 g/mol. The van der Waals surface area contributed by atoms with Gasteiger partial charge in [0.2, 0.25) is 0 Å². The molecule has 0 spiro atoms. The summed E-state index contributed by atoms with van der Waals surface area (Å²) < 4.78 is 0. The molecular weight excluding hydrogens is 348 g/mol. The molecule has 156 valence electrons. The van der Waals surface area contributed by atoms with Gasteiger partial charge in [0.05, 0.1) is 0 Å². The van der Waals surface area contributed by atoms with Crippen LogP contribution in [0, 0.1) is 19.8 Å². The molecule has 2 N–H and O–H groups in total. The second kappa shape index (κ2) is 15.6. The van der Waals surface area contributed by atoms with E-state index >= 15 is 0 Å². The first-order chi connectivity index (χ1) is 13.2. The fourth-order valence-corrected chi connectivity index (χ4v) is 3.27. The summed E-state index contributed by atoms with van der Waals surface area (Å²) in [4.78, 5) is 11.7. The SMILES string of the molecule is C#C.C=C(C)CC(CC)c1c(C)cc(CCCCC)c(C(=O)O)c1O.C=CC. The van der Waals surface area contributed by atoms with E-state index in [1.165, 1.54) is 0 Å². The predicted molar refractivity (Wildman–Crippen MR) is 121 cm³/mol. The molecule has 28 heavy (non-hydrogen) atoms. The second-order valence-electron chi connectivity index (χ2n) is 6.93. The summed E-state index contributed by atoms with van der Waals surface area (Å²) in [7, 11) is 0. The third kappa shape index (κ3) is 8.95. The van der Waals surface area contributed by atoms with Gasteiger partial charge in [-0.15, -0.1) is 26.0 Å². The van der Waals surface area contributed by atoms with Crippen molar-refractivity contribution < 1.29 is 15.0 Å². The van der Waals surface area contributed by atoms with E-state index in [9.17, 15) is 15.0 Å². The lowest BCUT2D eigenvalue weighted by atomic mass is 9.83. The number of benzene rings is 1. The molecule has 0 bridgehead atoms. The molecule has 0 saturated carbocycles. The molecule has 0 amide bonds. The first-order valence-electron chi connectivity index (χ1n) is 9.88. The van der Waals surface area contributed by atoms with E-state index in [2.05, 4.69) is 39.9 Å². The van der Waals surface area contributed by atoms with Crippen LogP contribution in [0.25, 0.3) is 0 Å². The van der Waals surface area contributed by atoms with E-state index in [1.54, 1.807) is 6.08 Å². The summed E-state index contributed by atoms with van der Waals surface area (Å²) in [5.74, 6) is -0.979. The molecule has 0 aliphatic heterocycles. The Bertz CT molecular complexity index is 653. The van der Waals surface area contributed by atoms with Crippen molar-refractivity contribution in [1.82, 2.24) is 0 Å². The molecule has 0 aromatic heterocycles. The van der Waals surface area contributed by atoms with Crippen LogP contribution in [0.5, 0.6) is 5.75 Å². The lowest BCUT2D eigenvalue weighted by molar-refractivity contribution is 0.0692. The standard InChI is InChI=1S/C20H30O3.C3H6.C2H2/c1-6-8-9-10-16-12-14(5)17(15(7-2)11-13(3)4)19(21)18(16)20(22)23;1-3-2;1-2/h12,15,21H,3,6-11H2,1-2,4-5H3,(H,22,23);3H,1H2,2H3;1-2H. The highest BCUT2D eigenvalue weighted by molar-refractivity contribution is 5.93. The van der Waals surface area contributed by atoms with Crippen molar-refractivity contribution in [1.29, 1.82) is 0 Å². The summed E-state index contributed by atoms with van der Waals surface area (Å²) >= 11 is 0. The van der Waals surface area contributed by atoms with Crippen LogP contribution >= 0.6 is 0 Å². The maximum absolute atomic E-state index is 11.7. The molecule has 0 saturated heterocycles. The summed E-state index contributed by atoms with van der Waals surface area (Å²) in [6, 6.07) is 1.95. The van der Waals surface area contributed by atoms with Crippen LogP contribution in [-0.2, 0) is 6.42 Å². The minimum absolute atomic E-state index is 0.0444. The Balaban J connectivity index is 0. The van der Waals surface area contributed by atoms with Crippen molar-refractivity contribution in [2.75, 3.05) is 0 Å². The third-order valence-electron chi connectivity index (χ3n) is 4.39. The van der Waals surface area contributed by atoms with Gasteiger partial charge in [-0.05, 0) is 63.5 Å². The van der Waals surface area contributed by atoms with Gasteiger partial charge < -0.3 is 10.2 Å². The number of phenols is 1. The normalized spacial score (nSPS) is 10.5. The number of unbranched alkanes of at least 4 members (excludes halogenated alkanes) is 2. The maximum atomic E-state index is 11.7. The Morgan fingerprint density at radius 3 is 2.21 bits per heavy atom. The molecule has 0 heterocycles. The fourth-order valence-electron chi connectivity index (χ4n) is 3.27. The van der Waals surface area contributed by atoms with Crippen LogP contribution in [0.2, 0.25) is 0 Å². The Hall–Kier alpha value is -2.47. The highest BCUT2D eigenvalue weighted by Gasteiger charge is 2.24. The average molecular weight is 387 g/mol. The third-order valence-corrected chi connectivity index (χ3v) is 4.39. The van der Waals surface area contributed by atoms with E-state index in [1.807, 2.05) is 26.8 Å². The molecule has 0 radical (unpaired) electrons. The summed E-state index contributed by atoms with van der Waals surface area (Å²) in [6.45, 7) is 17.3. The molecule has 0 aliphatic rings. The Morgan fingerprint density at radius 2 is 1.82 bits per heavy atom. The molecule has 1 aromatic rings. The smallest absolute Gasteiger partial charge is 0.339 e. The lowest BCUT2D eigenvalue weighted by Gasteiger charge is -2.22. The molecular formula is C25H38O3. The van der Waals surface area contributed by atoms with Crippen LogP contribution in [-0.4, -0.2) is 16.2 Å². The number of carbonyl (C=O) groups is 1. The number of carboxylic acid groups (broad SMARTS) is 1. The van der Waals surface area contributed by atoms with Gasteiger partial charge in [-0.1, -0.05) is 44.4 Å². The Morgan fingerprint density at radius 1 is 1.29 bits per heavy atom. The molecule has 1 aromatic carbocycles. The molecule has 1 unspecified atom stereocenters. The van der Waals surface area contributed by atoms with E-state index < -0.39 is 5.97 Å². The summed E-state index contributed by atoms with van der Waals surface area (Å²) in [6.07, 6.45) is 15.1. The topological polar surface area (TPSA) is 57.5 Å². The number of aromatic carboxylic acids is 1. The van der Waals surface area contributed by atoms with Crippen molar-refractivity contribution in [3.05, 3.63) is 53.1 Å². The molecule has 3 nitrogen and oxygen atoms in total. The Kier molecular flexibility index (Phi) is 15.4.